The van der Waals surface area contributed by atoms with Crippen molar-refractivity contribution in [1.29, 1.82) is 0 Å². The summed E-state index contributed by atoms with van der Waals surface area (Å²) in [5.74, 6) is -0.962. The molecule has 1 amide bonds. The van der Waals surface area contributed by atoms with Gasteiger partial charge in [-0.25, -0.2) is 14.4 Å². The molecule has 0 bridgehead atoms. The summed E-state index contributed by atoms with van der Waals surface area (Å²) in [5.41, 5.74) is 6.47. The van der Waals surface area contributed by atoms with E-state index in [0.717, 1.165) is 6.07 Å². The first-order valence-corrected chi connectivity index (χ1v) is 6.69. The lowest BCUT2D eigenvalue weighted by molar-refractivity contribution is 0.102. The summed E-state index contributed by atoms with van der Waals surface area (Å²) in [7, 11) is 0. The van der Waals surface area contributed by atoms with Crippen LogP contribution in [0.2, 0.25) is 5.02 Å². The van der Waals surface area contributed by atoms with Crippen LogP contribution >= 0.6 is 11.6 Å². The van der Waals surface area contributed by atoms with Crippen LogP contribution in [0.1, 0.15) is 10.4 Å². The molecule has 0 fully saturated rings. The first-order chi connectivity index (χ1) is 10.6. The lowest BCUT2D eigenvalue weighted by Crippen LogP contribution is -2.15. The molecule has 1 aromatic heterocycles. The van der Waals surface area contributed by atoms with Crippen LogP contribution in [0.25, 0.3) is 10.9 Å². The molecule has 7 heteroatoms. The largest absolute Gasteiger partial charge is 0.398 e. The quantitative estimate of drug-likeness (QED) is 0.711. The van der Waals surface area contributed by atoms with Crippen molar-refractivity contribution in [3.05, 3.63) is 59.1 Å². The number of anilines is 2. The second kappa shape index (κ2) is 5.57. The SMILES string of the molecule is Nc1cc(Cl)c(F)cc1C(=O)Nc1ncnc2ccccc12. The van der Waals surface area contributed by atoms with Crippen LogP contribution in [-0.2, 0) is 0 Å². The molecule has 0 atom stereocenters. The van der Waals surface area contributed by atoms with E-state index in [1.807, 2.05) is 6.07 Å². The number of nitrogens with zero attached hydrogens (tertiary/aromatic N) is 2. The number of halogens is 2. The van der Waals surface area contributed by atoms with Crippen LogP contribution in [0.4, 0.5) is 15.9 Å². The average Bonchev–Trinajstić information content (AvgIpc) is 2.51. The highest BCUT2D eigenvalue weighted by Crippen LogP contribution is 2.24. The molecule has 3 aromatic rings. The number of hydrogen-bond acceptors (Lipinski definition) is 4. The van der Waals surface area contributed by atoms with Gasteiger partial charge in [-0.15, -0.1) is 0 Å². The number of hydrogen-bond donors (Lipinski definition) is 2. The molecule has 5 nitrogen and oxygen atoms in total. The minimum absolute atomic E-state index is 0.00964. The van der Waals surface area contributed by atoms with E-state index >= 15 is 0 Å². The van der Waals surface area contributed by atoms with Gasteiger partial charge in [-0.05, 0) is 24.3 Å². The van der Waals surface area contributed by atoms with Crippen molar-refractivity contribution in [3.63, 3.8) is 0 Å². The summed E-state index contributed by atoms with van der Waals surface area (Å²) >= 11 is 5.62. The lowest BCUT2D eigenvalue weighted by atomic mass is 10.1. The number of carbonyl (C=O) groups excluding carboxylic acids is 1. The van der Waals surface area contributed by atoms with E-state index in [-0.39, 0.29) is 16.3 Å². The molecule has 3 N–H and O–H groups in total. The number of nitrogen functional groups attached to an aromatic ring is 1. The van der Waals surface area contributed by atoms with E-state index in [1.165, 1.54) is 12.4 Å². The van der Waals surface area contributed by atoms with Crippen LogP contribution in [-0.4, -0.2) is 15.9 Å². The molecular formula is C15H10ClFN4O. The van der Waals surface area contributed by atoms with Crippen LogP contribution in [0.3, 0.4) is 0 Å². The molecule has 0 aliphatic heterocycles. The Bertz CT molecular complexity index is 879. The monoisotopic (exact) mass is 316 g/mol. The minimum atomic E-state index is -0.714. The molecular weight excluding hydrogens is 307 g/mol. The summed E-state index contributed by atoms with van der Waals surface area (Å²) < 4.78 is 13.5. The van der Waals surface area contributed by atoms with E-state index in [4.69, 9.17) is 17.3 Å². The number of para-hydroxylation sites is 1. The second-order valence-electron chi connectivity index (χ2n) is 4.55. The summed E-state index contributed by atoms with van der Waals surface area (Å²) in [6.45, 7) is 0. The van der Waals surface area contributed by atoms with Gasteiger partial charge in [0, 0.05) is 11.1 Å². The van der Waals surface area contributed by atoms with Crippen molar-refractivity contribution in [2.45, 2.75) is 0 Å². The third-order valence-corrected chi connectivity index (χ3v) is 3.40. The van der Waals surface area contributed by atoms with Gasteiger partial charge in [-0.2, -0.15) is 0 Å². The molecule has 0 aliphatic rings. The summed E-state index contributed by atoms with van der Waals surface area (Å²) in [6.07, 6.45) is 1.34. The highest BCUT2D eigenvalue weighted by atomic mass is 35.5. The fraction of sp³-hybridized carbons (Fsp3) is 0. The minimum Gasteiger partial charge on any atom is -0.398 e. The standard InChI is InChI=1S/C15H10ClFN4O/c16-10-6-12(18)9(5-11(10)17)15(22)21-14-8-3-1-2-4-13(8)19-7-20-14/h1-7H,18H2,(H,19,20,21,22). The number of benzene rings is 2. The van der Waals surface area contributed by atoms with Crippen LogP contribution in [0.5, 0.6) is 0 Å². The van der Waals surface area contributed by atoms with E-state index in [1.54, 1.807) is 18.2 Å². The van der Waals surface area contributed by atoms with Crippen LogP contribution in [0.15, 0.2) is 42.7 Å². The number of amides is 1. The maximum Gasteiger partial charge on any atom is 0.259 e. The molecule has 1 heterocycles. The molecule has 0 saturated heterocycles. The van der Waals surface area contributed by atoms with Gasteiger partial charge >= 0.3 is 0 Å². The first kappa shape index (κ1) is 14.2. The van der Waals surface area contributed by atoms with Crippen LogP contribution in [0, 0.1) is 5.82 Å². The molecule has 0 spiro atoms. The Hall–Kier alpha value is -2.73. The Morgan fingerprint density at radius 3 is 2.82 bits per heavy atom. The van der Waals surface area contributed by atoms with Gasteiger partial charge in [0.05, 0.1) is 16.1 Å². The van der Waals surface area contributed by atoms with Gasteiger partial charge in [0.1, 0.15) is 18.0 Å². The topological polar surface area (TPSA) is 80.9 Å². The fourth-order valence-electron chi connectivity index (χ4n) is 2.04. The Morgan fingerprint density at radius 1 is 1.23 bits per heavy atom. The zero-order valence-corrected chi connectivity index (χ0v) is 11.9. The third-order valence-electron chi connectivity index (χ3n) is 3.11. The molecule has 0 unspecified atom stereocenters. The smallest absolute Gasteiger partial charge is 0.259 e. The highest BCUT2D eigenvalue weighted by Gasteiger charge is 2.15. The third kappa shape index (κ3) is 2.56. The van der Waals surface area contributed by atoms with Crippen molar-refractivity contribution in [2.75, 3.05) is 11.1 Å². The fourth-order valence-corrected chi connectivity index (χ4v) is 2.21. The average molecular weight is 317 g/mol. The highest BCUT2D eigenvalue weighted by molar-refractivity contribution is 6.31. The van der Waals surface area contributed by atoms with Crippen molar-refractivity contribution in [2.24, 2.45) is 0 Å². The number of aromatic nitrogens is 2. The first-order valence-electron chi connectivity index (χ1n) is 6.32. The van der Waals surface area contributed by atoms with Crippen molar-refractivity contribution in [3.8, 4) is 0 Å². The van der Waals surface area contributed by atoms with Gasteiger partial charge in [0.15, 0.2) is 0 Å². The summed E-state index contributed by atoms with van der Waals surface area (Å²) in [6, 6.07) is 9.39. The Labute approximate surface area is 129 Å². The normalized spacial score (nSPS) is 10.6. The maximum absolute atomic E-state index is 13.5. The lowest BCUT2D eigenvalue weighted by Gasteiger charge is -2.09. The van der Waals surface area contributed by atoms with E-state index in [2.05, 4.69) is 15.3 Å². The summed E-state index contributed by atoms with van der Waals surface area (Å²) in [5, 5.41) is 3.14. The number of nitrogens with one attached hydrogen (secondary N) is 1. The van der Waals surface area contributed by atoms with E-state index in [9.17, 15) is 9.18 Å². The van der Waals surface area contributed by atoms with Crippen molar-refractivity contribution >= 4 is 39.9 Å². The number of rotatable bonds is 2. The zero-order valence-electron chi connectivity index (χ0n) is 11.2. The van der Waals surface area contributed by atoms with Gasteiger partial charge in [0.2, 0.25) is 0 Å². The van der Waals surface area contributed by atoms with Gasteiger partial charge in [0.25, 0.3) is 5.91 Å². The van der Waals surface area contributed by atoms with E-state index < -0.39 is 11.7 Å². The van der Waals surface area contributed by atoms with Gasteiger partial charge in [-0.3, -0.25) is 4.79 Å². The number of nitrogens with two attached hydrogens (primary N) is 1. The Morgan fingerprint density at radius 2 is 2.00 bits per heavy atom. The summed E-state index contributed by atoms with van der Waals surface area (Å²) in [4.78, 5) is 20.4. The number of carbonyl (C=O) groups is 1. The molecule has 0 saturated carbocycles. The van der Waals surface area contributed by atoms with E-state index in [0.29, 0.717) is 16.7 Å². The maximum atomic E-state index is 13.5. The van der Waals surface area contributed by atoms with Gasteiger partial charge in [-0.1, -0.05) is 23.7 Å². The number of fused-ring (bicyclic) bond motifs is 1. The van der Waals surface area contributed by atoms with Crippen molar-refractivity contribution in [1.82, 2.24) is 9.97 Å². The Kier molecular flexibility index (Phi) is 3.60. The van der Waals surface area contributed by atoms with Crippen LogP contribution < -0.4 is 11.1 Å². The molecule has 22 heavy (non-hydrogen) atoms. The Balaban J connectivity index is 1.99. The molecule has 2 aromatic carbocycles. The second-order valence-corrected chi connectivity index (χ2v) is 4.95. The predicted octanol–water partition coefficient (Wildman–Crippen LogP) is 3.26. The molecule has 3 rings (SSSR count). The predicted molar refractivity (Wildman–Crippen MR) is 83.3 cm³/mol. The van der Waals surface area contributed by atoms with Crippen molar-refractivity contribution < 1.29 is 9.18 Å². The zero-order chi connectivity index (χ0) is 15.7. The molecule has 0 aliphatic carbocycles. The molecule has 110 valence electrons. The molecule has 0 radical (unpaired) electrons. The van der Waals surface area contributed by atoms with Gasteiger partial charge < -0.3 is 11.1 Å².